The molecule has 8 aromatic carbocycles. The highest BCUT2D eigenvalue weighted by Gasteiger charge is 2.22. The summed E-state index contributed by atoms with van der Waals surface area (Å²) in [4.78, 5) is 2.33. The zero-order valence-electron chi connectivity index (χ0n) is 26.5. The second-order valence-corrected chi connectivity index (χ2v) is 12.5. The summed E-state index contributed by atoms with van der Waals surface area (Å²) in [5.41, 5.74) is 11.1. The Hall–Kier alpha value is -6.58. The van der Waals surface area contributed by atoms with Crippen molar-refractivity contribution < 1.29 is 8.83 Å². The number of benzene rings is 8. The van der Waals surface area contributed by atoms with Crippen LogP contribution in [-0.2, 0) is 0 Å². The Morgan fingerprint density at radius 1 is 0.367 bits per heavy atom. The Balaban J connectivity index is 1.21. The topological polar surface area (TPSA) is 29.5 Å². The van der Waals surface area contributed by atoms with E-state index < -0.39 is 0 Å². The van der Waals surface area contributed by atoms with Crippen molar-refractivity contribution in [3.63, 3.8) is 0 Å². The van der Waals surface area contributed by atoms with E-state index in [9.17, 15) is 0 Å². The van der Waals surface area contributed by atoms with E-state index in [0.717, 1.165) is 72.1 Å². The first-order valence-electron chi connectivity index (χ1n) is 16.6. The minimum Gasteiger partial charge on any atom is -0.456 e. The van der Waals surface area contributed by atoms with Crippen LogP contribution < -0.4 is 4.90 Å². The zero-order chi connectivity index (χ0) is 32.3. The molecular formula is C46H29NO2. The fraction of sp³-hybridized carbons (Fsp3) is 0. The molecule has 0 fully saturated rings. The van der Waals surface area contributed by atoms with Crippen LogP contribution in [0.2, 0.25) is 0 Å². The van der Waals surface area contributed by atoms with Crippen LogP contribution in [0.4, 0.5) is 17.1 Å². The summed E-state index contributed by atoms with van der Waals surface area (Å²) in [5, 5.41) is 6.62. The largest absolute Gasteiger partial charge is 0.456 e. The summed E-state index contributed by atoms with van der Waals surface area (Å²) in [6, 6.07) is 61.9. The van der Waals surface area contributed by atoms with Crippen molar-refractivity contribution in [2.24, 2.45) is 0 Å². The zero-order valence-corrected chi connectivity index (χ0v) is 26.5. The van der Waals surface area contributed by atoms with Crippen LogP contribution in [0, 0.1) is 0 Å². The van der Waals surface area contributed by atoms with Gasteiger partial charge in [-0.25, -0.2) is 0 Å². The monoisotopic (exact) mass is 627 g/mol. The number of hydrogen-bond acceptors (Lipinski definition) is 3. The van der Waals surface area contributed by atoms with E-state index in [0.29, 0.717) is 0 Å². The van der Waals surface area contributed by atoms with Gasteiger partial charge in [-0.05, 0) is 64.5 Å². The molecule has 10 rings (SSSR count). The van der Waals surface area contributed by atoms with E-state index in [1.807, 2.05) is 18.2 Å². The van der Waals surface area contributed by atoms with Crippen molar-refractivity contribution in [1.29, 1.82) is 0 Å². The fourth-order valence-corrected chi connectivity index (χ4v) is 7.39. The number of rotatable bonds is 5. The van der Waals surface area contributed by atoms with Crippen LogP contribution in [0.3, 0.4) is 0 Å². The van der Waals surface area contributed by atoms with E-state index in [-0.39, 0.29) is 0 Å². The van der Waals surface area contributed by atoms with Crippen molar-refractivity contribution >= 4 is 71.7 Å². The molecule has 0 amide bonds. The predicted molar refractivity (Wildman–Crippen MR) is 204 cm³/mol. The van der Waals surface area contributed by atoms with Crippen molar-refractivity contribution in [1.82, 2.24) is 0 Å². The number of para-hydroxylation sites is 1. The first-order valence-corrected chi connectivity index (χ1v) is 16.6. The van der Waals surface area contributed by atoms with Gasteiger partial charge >= 0.3 is 0 Å². The standard InChI is InChI=1S/C46H29NO2/c1-3-12-30(13-4-1)31-22-24-34(25-23-31)47(40-20-11-17-32-14-7-8-18-36(32)40)35-26-27-37-39-29-43-45(38-19-9-10-21-41(38)48-43)44(33-15-5-2-6-16-33)46(39)49-42(37)28-35/h1-29H. The predicted octanol–water partition coefficient (Wildman–Crippen LogP) is 13.4. The highest BCUT2D eigenvalue weighted by molar-refractivity contribution is 6.23. The molecule has 0 N–H and O–H groups in total. The van der Waals surface area contributed by atoms with Crippen LogP contribution in [0.25, 0.3) is 76.9 Å². The van der Waals surface area contributed by atoms with Gasteiger partial charge in [-0.15, -0.1) is 0 Å². The van der Waals surface area contributed by atoms with Gasteiger partial charge < -0.3 is 13.7 Å². The van der Waals surface area contributed by atoms with E-state index in [2.05, 4.69) is 163 Å². The molecule has 3 nitrogen and oxygen atoms in total. The summed E-state index contributed by atoms with van der Waals surface area (Å²) in [6.07, 6.45) is 0. The van der Waals surface area contributed by atoms with Gasteiger partial charge in [-0.2, -0.15) is 0 Å². The third-order valence-corrected chi connectivity index (χ3v) is 9.65. The smallest absolute Gasteiger partial charge is 0.144 e. The quantitative estimate of drug-likeness (QED) is 0.190. The second kappa shape index (κ2) is 11.0. The Kier molecular flexibility index (Phi) is 6.18. The minimum atomic E-state index is 0.827. The Labute approximate surface area is 282 Å². The Morgan fingerprint density at radius 2 is 1.02 bits per heavy atom. The van der Waals surface area contributed by atoms with Gasteiger partial charge in [0.2, 0.25) is 0 Å². The molecule has 0 unspecified atom stereocenters. The van der Waals surface area contributed by atoms with Gasteiger partial charge in [-0.3, -0.25) is 0 Å². The number of fused-ring (bicyclic) bond motifs is 7. The van der Waals surface area contributed by atoms with Crippen molar-refractivity contribution in [3.8, 4) is 22.3 Å². The summed E-state index contributed by atoms with van der Waals surface area (Å²) in [6.45, 7) is 0. The van der Waals surface area contributed by atoms with Gasteiger partial charge in [0, 0.05) is 49.9 Å². The molecule has 0 saturated heterocycles. The average Bonchev–Trinajstić information content (AvgIpc) is 3.72. The van der Waals surface area contributed by atoms with E-state index in [4.69, 9.17) is 8.83 Å². The summed E-state index contributed by atoms with van der Waals surface area (Å²) in [7, 11) is 0. The molecule has 2 heterocycles. The number of furan rings is 2. The second-order valence-electron chi connectivity index (χ2n) is 12.5. The first-order chi connectivity index (χ1) is 24.3. The van der Waals surface area contributed by atoms with E-state index in [1.54, 1.807) is 0 Å². The molecule has 49 heavy (non-hydrogen) atoms. The van der Waals surface area contributed by atoms with Crippen LogP contribution in [0.1, 0.15) is 0 Å². The Morgan fingerprint density at radius 3 is 1.84 bits per heavy atom. The molecule has 0 atom stereocenters. The maximum Gasteiger partial charge on any atom is 0.144 e. The lowest BCUT2D eigenvalue weighted by atomic mass is 9.96. The van der Waals surface area contributed by atoms with Crippen LogP contribution in [0.5, 0.6) is 0 Å². The molecule has 0 spiro atoms. The van der Waals surface area contributed by atoms with E-state index in [1.165, 1.54) is 21.9 Å². The maximum atomic E-state index is 6.92. The van der Waals surface area contributed by atoms with Crippen LogP contribution in [0.15, 0.2) is 185 Å². The number of hydrogen-bond donors (Lipinski definition) is 0. The SMILES string of the molecule is c1ccc(-c2ccc(N(c3ccc4c(c3)oc3c(-c5ccccc5)c5c(cc34)oc3ccccc35)c3cccc4ccccc34)cc2)cc1. The van der Waals surface area contributed by atoms with Gasteiger partial charge in [0.15, 0.2) is 0 Å². The lowest BCUT2D eigenvalue weighted by Crippen LogP contribution is -2.10. The molecule has 2 aromatic heterocycles. The van der Waals surface area contributed by atoms with Crippen LogP contribution >= 0.6 is 0 Å². The number of nitrogens with zero attached hydrogens (tertiary/aromatic N) is 1. The number of anilines is 3. The van der Waals surface area contributed by atoms with Crippen molar-refractivity contribution in [2.75, 3.05) is 4.90 Å². The fourth-order valence-electron chi connectivity index (χ4n) is 7.39. The lowest BCUT2D eigenvalue weighted by molar-refractivity contribution is 0.664. The molecule has 0 radical (unpaired) electrons. The molecule has 230 valence electrons. The molecule has 3 heteroatoms. The molecular weight excluding hydrogens is 599 g/mol. The molecule has 0 aliphatic rings. The molecule has 10 aromatic rings. The van der Waals surface area contributed by atoms with Gasteiger partial charge in [0.25, 0.3) is 0 Å². The van der Waals surface area contributed by atoms with Gasteiger partial charge in [0.05, 0.1) is 5.69 Å². The summed E-state index contributed by atoms with van der Waals surface area (Å²) in [5.74, 6) is 0. The van der Waals surface area contributed by atoms with Gasteiger partial charge in [0.1, 0.15) is 22.3 Å². The normalized spacial score (nSPS) is 11.7. The maximum absolute atomic E-state index is 6.92. The lowest BCUT2D eigenvalue weighted by Gasteiger charge is -2.27. The summed E-state index contributed by atoms with van der Waals surface area (Å²) < 4.78 is 13.4. The third-order valence-electron chi connectivity index (χ3n) is 9.65. The van der Waals surface area contributed by atoms with E-state index >= 15 is 0 Å². The molecule has 0 aliphatic heterocycles. The van der Waals surface area contributed by atoms with Crippen molar-refractivity contribution in [3.05, 3.63) is 176 Å². The Bertz CT molecular complexity index is 2810. The average molecular weight is 628 g/mol. The van der Waals surface area contributed by atoms with Crippen LogP contribution in [-0.4, -0.2) is 0 Å². The highest BCUT2D eigenvalue weighted by Crippen LogP contribution is 2.46. The highest BCUT2D eigenvalue weighted by atomic mass is 16.3. The first kappa shape index (κ1) is 27.5. The van der Waals surface area contributed by atoms with Crippen molar-refractivity contribution in [2.45, 2.75) is 0 Å². The minimum absolute atomic E-state index is 0.827. The third kappa shape index (κ3) is 4.44. The molecule has 0 bridgehead atoms. The molecule has 0 saturated carbocycles. The molecule has 0 aliphatic carbocycles. The van der Waals surface area contributed by atoms with Gasteiger partial charge in [-0.1, -0.05) is 127 Å². The summed E-state index contributed by atoms with van der Waals surface area (Å²) >= 11 is 0.